The smallest absolute Gasteiger partial charge is 0.359 e. The molecule has 0 aliphatic heterocycles. The van der Waals surface area contributed by atoms with Crippen molar-refractivity contribution < 1.29 is 18.8 Å². The number of hydrogen-bond donors (Lipinski definition) is 1. The maximum absolute atomic E-state index is 12.7. The number of ether oxygens (including phenoxy) is 1. The Morgan fingerprint density at radius 1 is 1.13 bits per heavy atom. The van der Waals surface area contributed by atoms with E-state index in [1.807, 2.05) is 6.92 Å². The van der Waals surface area contributed by atoms with Crippen molar-refractivity contribution in [3.8, 4) is 5.82 Å². The zero-order chi connectivity index (χ0) is 21.4. The molecule has 0 bridgehead atoms. The molecule has 0 saturated carbocycles. The highest BCUT2D eigenvalue weighted by Crippen LogP contribution is 2.21. The Balaban J connectivity index is 1.56. The van der Waals surface area contributed by atoms with Crippen LogP contribution in [0.2, 0.25) is 0 Å². The van der Waals surface area contributed by atoms with Crippen molar-refractivity contribution in [1.82, 2.24) is 19.9 Å². The van der Waals surface area contributed by atoms with E-state index in [-0.39, 0.29) is 11.5 Å². The minimum Gasteiger partial charge on any atom is -0.452 e. The normalized spacial score (nSPS) is 11.0. The van der Waals surface area contributed by atoms with E-state index >= 15 is 0 Å². The molecule has 1 aromatic carbocycles. The van der Waals surface area contributed by atoms with E-state index < -0.39 is 18.1 Å². The Morgan fingerprint density at radius 2 is 1.87 bits per heavy atom. The number of aromatic amines is 1. The third-order valence-corrected chi connectivity index (χ3v) is 4.80. The predicted molar refractivity (Wildman–Crippen MR) is 107 cm³/mol. The second-order valence-electron chi connectivity index (χ2n) is 6.86. The van der Waals surface area contributed by atoms with Gasteiger partial charge in [0.2, 0.25) is 5.78 Å². The molecule has 0 aliphatic rings. The molecule has 4 aromatic rings. The molecule has 3 heterocycles. The summed E-state index contributed by atoms with van der Waals surface area (Å²) < 4.78 is 12.1. The molecule has 0 aliphatic carbocycles. The number of nitrogens with zero attached hydrogens (tertiary/aromatic N) is 3. The average molecular weight is 406 g/mol. The number of hydrogen-bond acceptors (Lipinski definition) is 7. The van der Waals surface area contributed by atoms with Crippen LogP contribution in [0.3, 0.4) is 0 Å². The first-order chi connectivity index (χ1) is 14.4. The number of ketones is 1. The van der Waals surface area contributed by atoms with Gasteiger partial charge in [-0.15, -0.1) is 0 Å². The first-order valence-corrected chi connectivity index (χ1v) is 9.17. The van der Waals surface area contributed by atoms with Gasteiger partial charge in [0, 0.05) is 28.4 Å². The first kappa shape index (κ1) is 19.3. The predicted octanol–water partition coefficient (Wildman–Crippen LogP) is 2.67. The lowest BCUT2D eigenvalue weighted by molar-refractivity contribution is 0.0469. The van der Waals surface area contributed by atoms with Crippen LogP contribution in [0.4, 0.5) is 0 Å². The monoisotopic (exact) mass is 406 g/mol. The third kappa shape index (κ3) is 3.30. The number of rotatable bonds is 5. The molecule has 0 unspecified atom stereocenters. The molecule has 0 fully saturated rings. The number of esters is 1. The number of Topliss-reactive ketones (excluding diaryl/α,β-unsaturated/α-hetero) is 1. The Labute approximate surface area is 170 Å². The fourth-order valence-electron chi connectivity index (χ4n) is 3.40. The van der Waals surface area contributed by atoms with Crippen LogP contribution in [0.1, 0.15) is 38.0 Å². The van der Waals surface area contributed by atoms with Crippen LogP contribution in [0.5, 0.6) is 0 Å². The molecule has 0 radical (unpaired) electrons. The van der Waals surface area contributed by atoms with E-state index in [1.54, 1.807) is 54.8 Å². The Morgan fingerprint density at radius 3 is 2.57 bits per heavy atom. The summed E-state index contributed by atoms with van der Waals surface area (Å²) in [6.45, 7) is 4.94. The lowest BCUT2D eigenvalue weighted by Gasteiger charge is -2.07. The first-order valence-electron chi connectivity index (χ1n) is 9.17. The number of carbonyl (C=O) groups excluding carboxylic acids is 2. The topological polar surface area (TPSA) is 120 Å². The second kappa shape index (κ2) is 7.43. The minimum atomic E-state index is -0.795. The van der Waals surface area contributed by atoms with Gasteiger partial charge in [0.15, 0.2) is 18.1 Å². The highest BCUT2D eigenvalue weighted by Gasteiger charge is 2.21. The standard InChI is InChI=1S/C21H18N4O5/c1-11-8-16(13(3)25(11)18-9-12(2)30-24-18)17(26)10-29-21(28)19-14-6-4-5-7-15(14)20(27)23-22-19/h4-9H,10H2,1-3H3,(H,23,27). The summed E-state index contributed by atoms with van der Waals surface area (Å²) in [6.07, 6.45) is 0. The Bertz CT molecular complexity index is 1350. The number of fused-ring (bicyclic) bond motifs is 1. The summed E-state index contributed by atoms with van der Waals surface area (Å²) in [5, 5.41) is 10.7. The van der Waals surface area contributed by atoms with Crippen LogP contribution in [0.15, 0.2) is 45.7 Å². The molecule has 30 heavy (non-hydrogen) atoms. The van der Waals surface area contributed by atoms with Crippen LogP contribution < -0.4 is 5.56 Å². The van der Waals surface area contributed by atoms with E-state index in [9.17, 15) is 14.4 Å². The van der Waals surface area contributed by atoms with Crippen molar-refractivity contribution in [3.05, 3.63) is 75.2 Å². The number of aryl methyl sites for hydroxylation is 2. The van der Waals surface area contributed by atoms with Crippen LogP contribution in [-0.4, -0.2) is 38.3 Å². The molecule has 1 N–H and O–H groups in total. The maximum atomic E-state index is 12.7. The van der Waals surface area contributed by atoms with E-state index in [0.29, 0.717) is 33.6 Å². The van der Waals surface area contributed by atoms with Crippen molar-refractivity contribution in [3.63, 3.8) is 0 Å². The summed E-state index contributed by atoms with van der Waals surface area (Å²) in [7, 11) is 0. The molecular weight excluding hydrogens is 388 g/mol. The number of aromatic nitrogens is 4. The van der Waals surface area contributed by atoms with Gasteiger partial charge in [-0.05, 0) is 32.9 Å². The van der Waals surface area contributed by atoms with E-state index in [4.69, 9.17) is 9.26 Å². The fraction of sp³-hybridized carbons (Fsp3) is 0.190. The lowest BCUT2D eigenvalue weighted by Crippen LogP contribution is -2.19. The molecule has 0 saturated heterocycles. The number of nitrogens with one attached hydrogen (secondary N) is 1. The number of benzene rings is 1. The molecule has 9 nitrogen and oxygen atoms in total. The minimum absolute atomic E-state index is 0.0541. The van der Waals surface area contributed by atoms with Gasteiger partial charge in [-0.2, -0.15) is 5.10 Å². The SMILES string of the molecule is Cc1cc(-n2c(C)cc(C(=O)COC(=O)c3n[nH]c(=O)c4ccccc34)c2C)no1. The van der Waals surface area contributed by atoms with E-state index in [2.05, 4.69) is 15.4 Å². The van der Waals surface area contributed by atoms with Crippen LogP contribution in [-0.2, 0) is 4.74 Å². The summed E-state index contributed by atoms with van der Waals surface area (Å²) in [5.74, 6) is 0.0655. The third-order valence-electron chi connectivity index (χ3n) is 4.80. The second-order valence-corrected chi connectivity index (χ2v) is 6.86. The van der Waals surface area contributed by atoms with Crippen LogP contribution in [0.25, 0.3) is 16.6 Å². The van der Waals surface area contributed by atoms with Crippen LogP contribution in [0, 0.1) is 20.8 Å². The summed E-state index contributed by atoms with van der Waals surface area (Å²) >= 11 is 0. The molecule has 4 rings (SSSR count). The highest BCUT2D eigenvalue weighted by atomic mass is 16.5. The maximum Gasteiger partial charge on any atom is 0.359 e. The number of carbonyl (C=O) groups is 2. The highest BCUT2D eigenvalue weighted by molar-refractivity contribution is 6.04. The van der Waals surface area contributed by atoms with Gasteiger partial charge < -0.3 is 9.26 Å². The average Bonchev–Trinajstić information content (AvgIpc) is 3.28. The van der Waals surface area contributed by atoms with Gasteiger partial charge in [-0.3, -0.25) is 14.2 Å². The summed E-state index contributed by atoms with van der Waals surface area (Å²) in [5.41, 5.74) is 1.41. The zero-order valence-corrected chi connectivity index (χ0v) is 16.6. The van der Waals surface area contributed by atoms with Crippen molar-refractivity contribution in [2.24, 2.45) is 0 Å². The Hall–Kier alpha value is -4.01. The van der Waals surface area contributed by atoms with E-state index in [1.165, 1.54) is 0 Å². The molecule has 0 amide bonds. The Kier molecular flexibility index (Phi) is 4.78. The van der Waals surface area contributed by atoms with Gasteiger partial charge in [0.25, 0.3) is 5.56 Å². The molecular formula is C21H18N4O5. The molecule has 3 aromatic heterocycles. The van der Waals surface area contributed by atoms with Gasteiger partial charge in [-0.1, -0.05) is 23.4 Å². The molecule has 9 heteroatoms. The van der Waals surface area contributed by atoms with Crippen molar-refractivity contribution in [2.75, 3.05) is 6.61 Å². The van der Waals surface area contributed by atoms with Gasteiger partial charge in [0.05, 0.1) is 5.39 Å². The zero-order valence-electron chi connectivity index (χ0n) is 16.6. The van der Waals surface area contributed by atoms with Gasteiger partial charge in [0.1, 0.15) is 5.76 Å². The quantitative estimate of drug-likeness (QED) is 0.400. The van der Waals surface area contributed by atoms with Crippen LogP contribution >= 0.6 is 0 Å². The van der Waals surface area contributed by atoms with Crippen molar-refractivity contribution in [2.45, 2.75) is 20.8 Å². The molecule has 0 spiro atoms. The largest absolute Gasteiger partial charge is 0.452 e. The lowest BCUT2D eigenvalue weighted by atomic mass is 10.1. The summed E-state index contributed by atoms with van der Waals surface area (Å²) in [6, 6.07) is 10.0. The molecule has 0 atom stereocenters. The number of H-pyrrole nitrogens is 1. The van der Waals surface area contributed by atoms with Gasteiger partial charge >= 0.3 is 5.97 Å². The van der Waals surface area contributed by atoms with E-state index in [0.717, 1.165) is 5.69 Å². The fourth-order valence-corrected chi connectivity index (χ4v) is 3.40. The van der Waals surface area contributed by atoms with Crippen molar-refractivity contribution >= 4 is 22.5 Å². The van der Waals surface area contributed by atoms with Gasteiger partial charge in [-0.25, -0.2) is 9.89 Å². The summed E-state index contributed by atoms with van der Waals surface area (Å²) in [4.78, 5) is 37.1. The molecule has 152 valence electrons. The van der Waals surface area contributed by atoms with Crippen molar-refractivity contribution in [1.29, 1.82) is 0 Å².